The number of anilines is 1. The molecule has 1 saturated carbocycles. The van der Waals surface area contributed by atoms with Crippen molar-refractivity contribution in [1.29, 1.82) is 0 Å². The van der Waals surface area contributed by atoms with Crippen molar-refractivity contribution < 1.29 is 8.42 Å². The van der Waals surface area contributed by atoms with Gasteiger partial charge in [0.15, 0.2) is 0 Å². The van der Waals surface area contributed by atoms with Crippen molar-refractivity contribution in [2.75, 3.05) is 12.3 Å². The number of hydrogen-bond acceptors (Lipinski definition) is 3. The van der Waals surface area contributed by atoms with E-state index >= 15 is 0 Å². The van der Waals surface area contributed by atoms with Crippen LogP contribution < -0.4 is 10.5 Å². The second-order valence-electron chi connectivity index (χ2n) is 6.15. The van der Waals surface area contributed by atoms with Crippen LogP contribution in [0, 0.1) is 5.41 Å². The standard InChI is InChI=1S/C15H24N2O2S/c1-15(9-5-2-6-10-15)12-17-20(18,19)11-13-7-3-4-8-14(13)16/h3-4,7-8,17H,2,5-6,9-12,16H2,1H3. The van der Waals surface area contributed by atoms with Crippen LogP contribution in [0.3, 0.4) is 0 Å². The first kappa shape index (κ1) is 15.3. The van der Waals surface area contributed by atoms with Crippen LogP contribution in [-0.4, -0.2) is 15.0 Å². The minimum absolute atomic E-state index is 0.0459. The molecule has 3 N–H and O–H groups in total. The highest BCUT2D eigenvalue weighted by atomic mass is 32.2. The highest BCUT2D eigenvalue weighted by Crippen LogP contribution is 2.35. The molecule has 0 bridgehead atoms. The van der Waals surface area contributed by atoms with E-state index in [0.29, 0.717) is 17.8 Å². The van der Waals surface area contributed by atoms with Gasteiger partial charge in [0.1, 0.15) is 0 Å². The third-order valence-electron chi connectivity index (χ3n) is 4.18. The molecule has 0 aliphatic heterocycles. The maximum absolute atomic E-state index is 12.2. The molecule has 0 amide bonds. The Kier molecular flexibility index (Phi) is 4.70. The zero-order valence-corrected chi connectivity index (χ0v) is 12.9. The Morgan fingerprint density at radius 2 is 1.85 bits per heavy atom. The van der Waals surface area contributed by atoms with Crippen molar-refractivity contribution in [3.63, 3.8) is 0 Å². The van der Waals surface area contributed by atoms with E-state index in [2.05, 4.69) is 11.6 Å². The molecule has 1 aromatic carbocycles. The first-order valence-electron chi connectivity index (χ1n) is 7.21. The molecule has 0 aromatic heterocycles. The van der Waals surface area contributed by atoms with E-state index in [9.17, 15) is 8.42 Å². The first-order chi connectivity index (χ1) is 9.40. The van der Waals surface area contributed by atoms with Crippen LogP contribution in [-0.2, 0) is 15.8 Å². The van der Waals surface area contributed by atoms with Gasteiger partial charge >= 0.3 is 0 Å². The molecule has 0 spiro atoms. The van der Waals surface area contributed by atoms with Crippen molar-refractivity contribution in [1.82, 2.24) is 4.72 Å². The van der Waals surface area contributed by atoms with E-state index < -0.39 is 10.0 Å². The number of hydrogen-bond donors (Lipinski definition) is 2. The zero-order valence-electron chi connectivity index (χ0n) is 12.1. The van der Waals surface area contributed by atoms with E-state index in [1.165, 1.54) is 19.3 Å². The average molecular weight is 296 g/mol. The summed E-state index contributed by atoms with van der Waals surface area (Å²) in [7, 11) is -3.32. The van der Waals surface area contributed by atoms with Gasteiger partial charge < -0.3 is 5.73 Å². The molecule has 0 unspecified atom stereocenters. The summed E-state index contributed by atoms with van der Waals surface area (Å²) in [6.07, 6.45) is 5.86. The van der Waals surface area contributed by atoms with Crippen LogP contribution in [0.1, 0.15) is 44.6 Å². The molecular formula is C15H24N2O2S. The lowest BCUT2D eigenvalue weighted by molar-refractivity contribution is 0.219. The lowest BCUT2D eigenvalue weighted by Crippen LogP contribution is -2.37. The van der Waals surface area contributed by atoms with Gasteiger partial charge in [0, 0.05) is 12.2 Å². The molecule has 4 nitrogen and oxygen atoms in total. The Balaban J connectivity index is 1.96. The van der Waals surface area contributed by atoms with Crippen LogP contribution in [0.15, 0.2) is 24.3 Å². The van der Waals surface area contributed by atoms with Crippen molar-refractivity contribution in [3.8, 4) is 0 Å². The maximum atomic E-state index is 12.2. The second kappa shape index (κ2) is 6.14. The number of nitrogens with two attached hydrogens (primary N) is 1. The molecule has 1 aliphatic rings. The summed E-state index contributed by atoms with van der Waals surface area (Å²) in [4.78, 5) is 0. The third-order valence-corrected chi connectivity index (χ3v) is 5.46. The van der Waals surface area contributed by atoms with E-state index in [0.717, 1.165) is 12.8 Å². The Hall–Kier alpha value is -1.07. The van der Waals surface area contributed by atoms with Crippen molar-refractivity contribution in [3.05, 3.63) is 29.8 Å². The molecule has 0 saturated heterocycles. The third kappa shape index (κ3) is 4.21. The predicted molar refractivity (Wildman–Crippen MR) is 82.7 cm³/mol. The molecular weight excluding hydrogens is 272 g/mol. The van der Waals surface area contributed by atoms with Gasteiger partial charge in [-0.05, 0) is 29.9 Å². The Morgan fingerprint density at radius 1 is 1.20 bits per heavy atom. The molecule has 5 heteroatoms. The van der Waals surface area contributed by atoms with Gasteiger partial charge in [-0.1, -0.05) is 44.4 Å². The summed E-state index contributed by atoms with van der Waals surface area (Å²) in [5.41, 5.74) is 7.10. The van der Waals surface area contributed by atoms with Crippen molar-refractivity contribution >= 4 is 15.7 Å². The molecule has 0 atom stereocenters. The highest BCUT2D eigenvalue weighted by Gasteiger charge is 2.28. The first-order valence-corrected chi connectivity index (χ1v) is 8.86. The van der Waals surface area contributed by atoms with Gasteiger partial charge in [0.2, 0.25) is 10.0 Å². The number of rotatable bonds is 5. The Labute approximate surface area is 121 Å². The minimum Gasteiger partial charge on any atom is -0.398 e. The second-order valence-corrected chi connectivity index (χ2v) is 7.96. The maximum Gasteiger partial charge on any atom is 0.215 e. The monoisotopic (exact) mass is 296 g/mol. The number of nitrogen functional groups attached to an aromatic ring is 1. The Morgan fingerprint density at radius 3 is 2.50 bits per heavy atom. The summed E-state index contributed by atoms with van der Waals surface area (Å²) in [6, 6.07) is 7.11. The summed E-state index contributed by atoms with van der Waals surface area (Å²) in [5, 5.41) is 0. The molecule has 2 rings (SSSR count). The molecule has 20 heavy (non-hydrogen) atoms. The van der Waals surface area contributed by atoms with Gasteiger partial charge in [-0.25, -0.2) is 13.1 Å². The quantitative estimate of drug-likeness (QED) is 0.821. The molecule has 0 radical (unpaired) electrons. The average Bonchev–Trinajstić information content (AvgIpc) is 2.40. The van der Waals surface area contributed by atoms with Crippen LogP contribution in [0.25, 0.3) is 0 Å². The predicted octanol–water partition coefficient (Wildman–Crippen LogP) is 2.66. The van der Waals surface area contributed by atoms with E-state index in [4.69, 9.17) is 5.73 Å². The van der Waals surface area contributed by atoms with Crippen LogP contribution in [0.4, 0.5) is 5.69 Å². The lowest BCUT2D eigenvalue weighted by atomic mass is 9.76. The van der Waals surface area contributed by atoms with Crippen molar-refractivity contribution in [2.24, 2.45) is 5.41 Å². The largest absolute Gasteiger partial charge is 0.398 e. The molecule has 112 valence electrons. The van der Waals surface area contributed by atoms with Crippen LogP contribution in [0.5, 0.6) is 0 Å². The molecule has 1 aromatic rings. The fourth-order valence-electron chi connectivity index (χ4n) is 2.79. The van der Waals surface area contributed by atoms with Crippen LogP contribution >= 0.6 is 0 Å². The van der Waals surface area contributed by atoms with Gasteiger partial charge in [-0.3, -0.25) is 0 Å². The molecule has 0 heterocycles. The van der Waals surface area contributed by atoms with E-state index in [-0.39, 0.29) is 11.2 Å². The number of nitrogens with one attached hydrogen (secondary N) is 1. The molecule has 1 fully saturated rings. The van der Waals surface area contributed by atoms with Gasteiger partial charge in [-0.15, -0.1) is 0 Å². The number of benzene rings is 1. The van der Waals surface area contributed by atoms with E-state index in [1.807, 2.05) is 12.1 Å². The van der Waals surface area contributed by atoms with E-state index in [1.54, 1.807) is 12.1 Å². The normalized spacial score (nSPS) is 18.9. The smallest absolute Gasteiger partial charge is 0.215 e. The van der Waals surface area contributed by atoms with Gasteiger partial charge in [0.25, 0.3) is 0 Å². The fourth-order valence-corrected chi connectivity index (χ4v) is 4.13. The summed E-state index contributed by atoms with van der Waals surface area (Å²) < 4.78 is 27.1. The minimum atomic E-state index is -3.32. The zero-order chi connectivity index (χ0) is 14.6. The molecule has 1 aliphatic carbocycles. The van der Waals surface area contributed by atoms with Crippen LogP contribution in [0.2, 0.25) is 0 Å². The van der Waals surface area contributed by atoms with Crippen molar-refractivity contribution in [2.45, 2.75) is 44.8 Å². The summed E-state index contributed by atoms with van der Waals surface area (Å²) >= 11 is 0. The number of sulfonamides is 1. The highest BCUT2D eigenvalue weighted by molar-refractivity contribution is 7.88. The lowest BCUT2D eigenvalue weighted by Gasteiger charge is -2.33. The topological polar surface area (TPSA) is 72.2 Å². The summed E-state index contributed by atoms with van der Waals surface area (Å²) in [5.74, 6) is -0.0459. The number of para-hydroxylation sites is 1. The SMILES string of the molecule is CC1(CNS(=O)(=O)Cc2ccccc2N)CCCCC1. The van der Waals surface area contributed by atoms with Gasteiger partial charge in [-0.2, -0.15) is 0 Å². The summed E-state index contributed by atoms with van der Waals surface area (Å²) in [6.45, 7) is 2.70. The fraction of sp³-hybridized carbons (Fsp3) is 0.600. The van der Waals surface area contributed by atoms with Gasteiger partial charge in [0.05, 0.1) is 5.75 Å². The Bertz CT molecular complexity index is 549.